The lowest BCUT2D eigenvalue weighted by atomic mass is 10.0. The number of hydrogen-bond donors (Lipinski definition) is 4. The molecule has 0 saturated heterocycles. The first-order valence-electron chi connectivity index (χ1n) is 14.2. The fourth-order valence-electron chi connectivity index (χ4n) is 3.92. The molecule has 4 aromatic rings. The maximum absolute atomic E-state index is 12.7. The average Bonchev–Trinajstić information content (AvgIpc) is 3.09. The predicted octanol–water partition coefficient (Wildman–Crippen LogP) is 7.81. The standard InChI is InChI=1S/C17H12BrF4NO3.C17H13BrF3NO3/c18-11-8-10(13(24)9-4-2-1-3-5-9)6-7-12(11)23-16(25)17(26,14(19)20)15(21)22;1-16(25,17(19,20)21)15(24)22-13-8-7-11(9-12(13)18)14(23)10-5-3-2-4-6-10/h1-8,14-15,26H,(H,23,25);2-9,25H,1H3,(H,22,24). The number of carbonyl (C=O) groups is 4. The van der Waals surface area contributed by atoms with Crippen molar-refractivity contribution in [3.63, 3.8) is 0 Å². The normalized spacial score (nSPS) is 12.7. The van der Waals surface area contributed by atoms with Gasteiger partial charge in [0.15, 0.2) is 11.6 Å². The second-order valence-corrected chi connectivity index (χ2v) is 12.4. The van der Waals surface area contributed by atoms with Crippen LogP contribution in [0.1, 0.15) is 38.8 Å². The molecule has 0 aliphatic carbocycles. The van der Waals surface area contributed by atoms with Gasteiger partial charge in [0.2, 0.25) is 5.60 Å². The molecule has 51 heavy (non-hydrogen) atoms. The Kier molecular flexibility index (Phi) is 13.4. The fraction of sp³-hybridized carbons (Fsp3) is 0.176. The quantitative estimate of drug-likeness (QED) is 0.0952. The van der Waals surface area contributed by atoms with Gasteiger partial charge in [-0.3, -0.25) is 19.2 Å². The minimum absolute atomic E-state index is 0.000799. The van der Waals surface area contributed by atoms with Crippen LogP contribution in [-0.4, -0.2) is 63.8 Å². The summed E-state index contributed by atoms with van der Waals surface area (Å²) >= 11 is 6.14. The maximum atomic E-state index is 12.7. The zero-order chi connectivity index (χ0) is 38.3. The Labute approximate surface area is 301 Å². The first-order chi connectivity index (χ1) is 23.7. The van der Waals surface area contributed by atoms with E-state index in [0.717, 1.165) is 0 Å². The van der Waals surface area contributed by atoms with E-state index in [1.165, 1.54) is 36.4 Å². The molecule has 8 nitrogen and oxygen atoms in total. The molecule has 17 heteroatoms. The molecule has 0 heterocycles. The summed E-state index contributed by atoms with van der Waals surface area (Å²) in [6.07, 6.45) is -13.1. The topological polar surface area (TPSA) is 133 Å². The van der Waals surface area contributed by atoms with E-state index in [2.05, 4.69) is 31.9 Å². The van der Waals surface area contributed by atoms with Crippen LogP contribution in [0.15, 0.2) is 106 Å². The summed E-state index contributed by atoms with van der Waals surface area (Å²) in [5.41, 5.74) is -6.47. The van der Waals surface area contributed by atoms with E-state index in [9.17, 15) is 60.1 Å². The third-order valence-corrected chi connectivity index (χ3v) is 8.37. The second kappa shape index (κ2) is 16.7. The van der Waals surface area contributed by atoms with E-state index in [-0.39, 0.29) is 37.5 Å². The van der Waals surface area contributed by atoms with Gasteiger partial charge in [-0.25, -0.2) is 17.6 Å². The van der Waals surface area contributed by atoms with Gasteiger partial charge in [-0.05, 0) is 75.2 Å². The van der Waals surface area contributed by atoms with Crippen LogP contribution >= 0.6 is 31.9 Å². The molecule has 4 rings (SSSR count). The molecule has 0 radical (unpaired) electrons. The number of rotatable bonds is 10. The van der Waals surface area contributed by atoms with Gasteiger partial charge in [-0.2, -0.15) is 13.2 Å². The third-order valence-electron chi connectivity index (χ3n) is 7.05. The molecule has 1 unspecified atom stereocenters. The summed E-state index contributed by atoms with van der Waals surface area (Å²) < 4.78 is 89.1. The summed E-state index contributed by atoms with van der Waals surface area (Å²) in [5.74, 6) is -4.18. The molecule has 1 atom stereocenters. The number of halogens is 9. The molecule has 270 valence electrons. The van der Waals surface area contributed by atoms with Gasteiger partial charge < -0.3 is 20.8 Å². The predicted molar refractivity (Wildman–Crippen MR) is 179 cm³/mol. The van der Waals surface area contributed by atoms with Gasteiger partial charge in [0.05, 0.1) is 11.4 Å². The first kappa shape index (κ1) is 41.0. The van der Waals surface area contributed by atoms with Crippen LogP contribution in [0.25, 0.3) is 0 Å². The highest BCUT2D eigenvalue weighted by Crippen LogP contribution is 2.33. The van der Waals surface area contributed by atoms with Crippen molar-refractivity contribution >= 4 is 66.6 Å². The summed E-state index contributed by atoms with van der Waals surface area (Å²) in [6, 6.07) is 24.5. The second-order valence-electron chi connectivity index (χ2n) is 10.7. The molecule has 0 aliphatic heterocycles. The van der Waals surface area contributed by atoms with Crippen molar-refractivity contribution in [1.82, 2.24) is 0 Å². The molecular formula is C34H25Br2F7N2O6. The van der Waals surface area contributed by atoms with E-state index in [0.29, 0.717) is 23.6 Å². The van der Waals surface area contributed by atoms with E-state index in [4.69, 9.17) is 0 Å². The molecule has 4 N–H and O–H groups in total. The number of amides is 2. The van der Waals surface area contributed by atoms with Gasteiger partial charge in [0.1, 0.15) is 0 Å². The van der Waals surface area contributed by atoms with Crippen LogP contribution in [0.2, 0.25) is 0 Å². The van der Waals surface area contributed by atoms with Gasteiger partial charge in [-0.15, -0.1) is 0 Å². The number of ketones is 2. The van der Waals surface area contributed by atoms with Crippen LogP contribution in [-0.2, 0) is 9.59 Å². The Bertz CT molecular complexity index is 1890. The smallest absolute Gasteiger partial charge is 0.373 e. The summed E-state index contributed by atoms with van der Waals surface area (Å²) in [6.45, 7) is 0.365. The monoisotopic (exact) mass is 848 g/mol. The Balaban J connectivity index is 0.000000276. The molecule has 0 fully saturated rings. The Hall–Kier alpha value is -4.45. The zero-order valence-electron chi connectivity index (χ0n) is 25.8. The number of nitrogens with one attached hydrogen (secondary N) is 2. The Morgan fingerprint density at radius 3 is 1.25 bits per heavy atom. The van der Waals surface area contributed by atoms with Crippen molar-refractivity contribution in [2.45, 2.75) is 37.2 Å². The van der Waals surface area contributed by atoms with Crippen molar-refractivity contribution in [2.75, 3.05) is 10.6 Å². The fourth-order valence-corrected chi connectivity index (χ4v) is 4.87. The highest BCUT2D eigenvalue weighted by Gasteiger charge is 2.56. The minimum Gasteiger partial charge on any atom is -0.373 e. The lowest BCUT2D eigenvalue weighted by molar-refractivity contribution is -0.242. The number of carbonyl (C=O) groups excluding carboxylic acids is 4. The van der Waals surface area contributed by atoms with Crippen LogP contribution in [0.3, 0.4) is 0 Å². The minimum atomic E-state index is -5.12. The third kappa shape index (κ3) is 9.66. The molecule has 4 aromatic carbocycles. The van der Waals surface area contributed by atoms with Crippen LogP contribution in [0.5, 0.6) is 0 Å². The van der Waals surface area contributed by atoms with Crippen molar-refractivity contribution in [3.05, 3.63) is 128 Å². The summed E-state index contributed by atoms with van der Waals surface area (Å²) in [4.78, 5) is 48.1. The van der Waals surface area contributed by atoms with Crippen molar-refractivity contribution in [1.29, 1.82) is 0 Å². The van der Waals surface area contributed by atoms with Gasteiger partial charge in [-0.1, -0.05) is 60.7 Å². The maximum Gasteiger partial charge on any atom is 0.426 e. The number of anilines is 2. The molecule has 0 saturated carbocycles. The van der Waals surface area contributed by atoms with Crippen LogP contribution < -0.4 is 10.6 Å². The van der Waals surface area contributed by atoms with E-state index in [1.807, 2.05) is 10.6 Å². The number of hydrogen-bond acceptors (Lipinski definition) is 6. The van der Waals surface area contributed by atoms with Crippen molar-refractivity contribution in [3.8, 4) is 0 Å². The van der Waals surface area contributed by atoms with Gasteiger partial charge in [0.25, 0.3) is 30.3 Å². The first-order valence-corrected chi connectivity index (χ1v) is 15.8. The van der Waals surface area contributed by atoms with E-state index >= 15 is 0 Å². The van der Waals surface area contributed by atoms with Crippen molar-refractivity contribution in [2.24, 2.45) is 0 Å². The number of alkyl halides is 7. The highest BCUT2D eigenvalue weighted by molar-refractivity contribution is 9.11. The number of aliphatic hydroxyl groups is 2. The van der Waals surface area contributed by atoms with Gasteiger partial charge >= 0.3 is 6.18 Å². The average molecular weight is 850 g/mol. The SMILES string of the molecule is CC(O)(C(=O)Nc1ccc(C(=O)c2ccccc2)cc1Br)C(F)(F)F.O=C(c1ccccc1)c1ccc(NC(=O)C(O)(C(F)F)C(F)F)c(Br)c1. The van der Waals surface area contributed by atoms with E-state index < -0.39 is 42.0 Å². The molecule has 0 aliphatic rings. The molecule has 2 amide bonds. The van der Waals surface area contributed by atoms with Crippen LogP contribution in [0.4, 0.5) is 42.1 Å². The van der Waals surface area contributed by atoms with E-state index in [1.54, 1.807) is 60.7 Å². The Morgan fingerprint density at radius 1 is 0.588 bits per heavy atom. The molecule has 0 bridgehead atoms. The molecule has 0 aromatic heterocycles. The van der Waals surface area contributed by atoms with Gasteiger partial charge in [0, 0.05) is 31.2 Å². The molecule has 0 spiro atoms. The largest absolute Gasteiger partial charge is 0.426 e. The molecular weight excluding hydrogens is 825 g/mol. The zero-order valence-corrected chi connectivity index (χ0v) is 29.0. The Morgan fingerprint density at radius 2 is 0.941 bits per heavy atom. The summed E-state index contributed by atoms with van der Waals surface area (Å²) in [5, 5.41) is 22.5. The lowest BCUT2D eigenvalue weighted by Gasteiger charge is -2.25. The summed E-state index contributed by atoms with van der Waals surface area (Å²) in [7, 11) is 0. The highest BCUT2D eigenvalue weighted by atomic mass is 79.9. The lowest BCUT2D eigenvalue weighted by Crippen LogP contribution is -2.54. The van der Waals surface area contributed by atoms with Crippen molar-refractivity contribution < 1.29 is 60.1 Å². The number of benzene rings is 4. The van der Waals surface area contributed by atoms with Crippen LogP contribution in [0, 0.1) is 0 Å².